The highest BCUT2D eigenvalue weighted by Gasteiger charge is 2.34. The van der Waals surface area contributed by atoms with E-state index in [1.165, 1.54) is 11.1 Å². The molecule has 0 amide bonds. The Labute approximate surface area is 103 Å². The minimum atomic E-state index is 0.588. The zero-order valence-electron chi connectivity index (χ0n) is 9.03. The largest absolute Gasteiger partial charge is 0.494 e. The van der Waals surface area contributed by atoms with Gasteiger partial charge in [-0.1, -0.05) is 6.08 Å². The van der Waals surface area contributed by atoms with Crippen LogP contribution in [0.3, 0.4) is 0 Å². The highest BCUT2D eigenvalue weighted by atomic mass is 79.9. The lowest BCUT2D eigenvalue weighted by Gasteiger charge is -2.31. The van der Waals surface area contributed by atoms with Gasteiger partial charge in [-0.15, -0.1) is 0 Å². The van der Waals surface area contributed by atoms with Crippen LogP contribution >= 0.6 is 15.9 Å². The lowest BCUT2D eigenvalue weighted by Crippen LogP contribution is -2.49. The predicted molar refractivity (Wildman–Crippen MR) is 66.4 cm³/mol. The average molecular weight is 281 g/mol. The van der Waals surface area contributed by atoms with E-state index in [4.69, 9.17) is 4.74 Å². The van der Waals surface area contributed by atoms with Crippen LogP contribution in [0.4, 0.5) is 0 Å². The quantitative estimate of drug-likeness (QED) is 0.844. The second-order valence-electron chi connectivity index (χ2n) is 4.31. The first-order valence-corrected chi connectivity index (χ1v) is 6.21. The summed E-state index contributed by atoms with van der Waals surface area (Å²) in [7, 11) is 1.67. The Morgan fingerprint density at radius 1 is 1.56 bits per heavy atom. The Bertz CT molecular complexity index is 458. The zero-order valence-corrected chi connectivity index (χ0v) is 10.6. The van der Waals surface area contributed by atoms with Crippen molar-refractivity contribution in [3.05, 3.63) is 28.5 Å². The molecule has 3 rings (SSSR count). The Hall–Kier alpha value is -0.870. The van der Waals surface area contributed by atoms with Gasteiger partial charge in [-0.2, -0.15) is 0 Å². The van der Waals surface area contributed by atoms with Crippen molar-refractivity contribution in [3.63, 3.8) is 0 Å². The second-order valence-corrected chi connectivity index (χ2v) is 5.06. The van der Waals surface area contributed by atoms with Crippen LogP contribution in [-0.4, -0.2) is 24.7 Å². The fraction of sp³-hybridized carbons (Fsp3) is 0.417. The minimum Gasteiger partial charge on any atom is -0.494 e. The summed E-state index contributed by atoms with van der Waals surface area (Å²) in [6.07, 6.45) is 5.38. The highest BCUT2D eigenvalue weighted by Crippen LogP contribution is 2.37. The monoisotopic (exact) mass is 280 g/mol. The first-order valence-electron chi connectivity index (χ1n) is 5.42. The van der Waals surface area contributed by atoms with E-state index in [0.717, 1.165) is 29.2 Å². The zero-order chi connectivity index (χ0) is 11.1. The molecule has 1 aromatic heterocycles. The standard InChI is InChI=1S/C12H13BrN2O/c1-16-11-4-8(5-15-12(11)13)7-2-9-6-14-10(9)3-7/h3-5,9-10,14H,2,6H2,1H3. The number of nitrogens with zero attached hydrogens (tertiary/aromatic N) is 1. The summed E-state index contributed by atoms with van der Waals surface area (Å²) in [6.45, 7) is 1.14. The number of rotatable bonds is 2. The van der Waals surface area contributed by atoms with Crippen molar-refractivity contribution < 1.29 is 4.74 Å². The second kappa shape index (κ2) is 3.86. The first-order chi connectivity index (χ1) is 7.78. The van der Waals surface area contributed by atoms with Crippen LogP contribution in [-0.2, 0) is 0 Å². The number of halogens is 1. The molecule has 0 bridgehead atoms. The number of pyridine rings is 1. The van der Waals surface area contributed by atoms with E-state index < -0.39 is 0 Å². The van der Waals surface area contributed by atoms with Crippen LogP contribution in [0, 0.1) is 5.92 Å². The number of fused-ring (bicyclic) bond motifs is 1. The number of hydrogen-bond donors (Lipinski definition) is 1. The summed E-state index contributed by atoms with van der Waals surface area (Å²) < 4.78 is 6.02. The molecule has 0 saturated carbocycles. The maximum Gasteiger partial charge on any atom is 0.152 e. The molecule has 1 N–H and O–H groups in total. The summed E-state index contributed by atoms with van der Waals surface area (Å²) in [4.78, 5) is 4.30. The van der Waals surface area contributed by atoms with E-state index in [1.54, 1.807) is 7.11 Å². The third-order valence-corrected chi connectivity index (χ3v) is 3.98. The van der Waals surface area contributed by atoms with Gasteiger partial charge in [-0.25, -0.2) is 4.98 Å². The predicted octanol–water partition coefficient (Wildman–Crippen LogP) is 2.23. The molecule has 1 saturated heterocycles. The van der Waals surface area contributed by atoms with Gasteiger partial charge in [0.15, 0.2) is 5.75 Å². The first kappa shape index (κ1) is 10.3. The maximum absolute atomic E-state index is 5.26. The molecule has 2 atom stereocenters. The van der Waals surface area contributed by atoms with Crippen LogP contribution in [0.5, 0.6) is 5.75 Å². The highest BCUT2D eigenvalue weighted by molar-refractivity contribution is 9.10. The van der Waals surface area contributed by atoms with Crippen molar-refractivity contribution in [2.75, 3.05) is 13.7 Å². The molecule has 0 spiro atoms. The van der Waals surface area contributed by atoms with Crippen molar-refractivity contribution in [3.8, 4) is 5.75 Å². The van der Waals surface area contributed by atoms with Gasteiger partial charge in [-0.05, 0) is 45.5 Å². The molecule has 1 aromatic rings. The molecular formula is C12H13BrN2O. The molecule has 2 aliphatic rings. The summed E-state index contributed by atoms with van der Waals surface area (Å²) in [5.74, 6) is 1.59. The van der Waals surface area contributed by atoms with Gasteiger partial charge in [0.1, 0.15) is 4.60 Å². The third-order valence-electron chi connectivity index (χ3n) is 3.38. The third kappa shape index (κ3) is 1.57. The van der Waals surface area contributed by atoms with Crippen LogP contribution in [0.15, 0.2) is 22.9 Å². The molecule has 0 radical (unpaired) electrons. The van der Waals surface area contributed by atoms with Crippen molar-refractivity contribution in [2.24, 2.45) is 5.92 Å². The van der Waals surface area contributed by atoms with E-state index in [1.807, 2.05) is 12.3 Å². The average Bonchev–Trinajstić information content (AvgIpc) is 2.56. The molecular weight excluding hydrogens is 268 g/mol. The number of methoxy groups -OCH3 is 1. The van der Waals surface area contributed by atoms with E-state index in [2.05, 4.69) is 32.3 Å². The summed E-state index contributed by atoms with van der Waals surface area (Å²) in [6, 6.07) is 2.64. The Morgan fingerprint density at radius 3 is 3.00 bits per heavy atom. The topological polar surface area (TPSA) is 34.1 Å². The van der Waals surface area contributed by atoms with E-state index >= 15 is 0 Å². The summed E-state index contributed by atoms with van der Waals surface area (Å²) >= 11 is 3.37. The van der Waals surface area contributed by atoms with Crippen LogP contribution in [0.25, 0.3) is 5.57 Å². The van der Waals surface area contributed by atoms with E-state index in [0.29, 0.717) is 6.04 Å². The van der Waals surface area contributed by atoms with Gasteiger partial charge in [0.25, 0.3) is 0 Å². The van der Waals surface area contributed by atoms with Gasteiger partial charge in [0, 0.05) is 18.8 Å². The smallest absolute Gasteiger partial charge is 0.152 e. The lowest BCUT2D eigenvalue weighted by molar-refractivity contribution is 0.301. The van der Waals surface area contributed by atoms with Gasteiger partial charge >= 0.3 is 0 Å². The number of aromatic nitrogens is 1. The Morgan fingerprint density at radius 2 is 2.44 bits per heavy atom. The Kier molecular flexibility index (Phi) is 2.48. The molecule has 1 aliphatic heterocycles. The van der Waals surface area contributed by atoms with Crippen molar-refractivity contribution in [2.45, 2.75) is 12.5 Å². The molecule has 2 unspecified atom stereocenters. The number of allylic oxidation sites excluding steroid dienone is 1. The summed E-state index contributed by atoms with van der Waals surface area (Å²) in [5, 5.41) is 3.41. The molecule has 2 heterocycles. The van der Waals surface area contributed by atoms with Gasteiger partial charge < -0.3 is 10.1 Å². The normalized spacial score (nSPS) is 27.0. The summed E-state index contributed by atoms with van der Waals surface area (Å²) in [5.41, 5.74) is 2.56. The SMILES string of the molecule is COc1cc(C2=CC3NCC3C2)cnc1Br. The number of nitrogens with one attached hydrogen (secondary N) is 1. The molecule has 0 aromatic carbocycles. The van der Waals surface area contributed by atoms with Crippen molar-refractivity contribution >= 4 is 21.5 Å². The fourth-order valence-electron chi connectivity index (χ4n) is 2.34. The van der Waals surface area contributed by atoms with E-state index in [-0.39, 0.29) is 0 Å². The Balaban J connectivity index is 1.92. The molecule has 4 heteroatoms. The number of ether oxygens (including phenoxy) is 1. The van der Waals surface area contributed by atoms with Crippen molar-refractivity contribution in [1.82, 2.24) is 10.3 Å². The molecule has 84 valence electrons. The lowest BCUT2D eigenvalue weighted by atomic mass is 9.94. The van der Waals surface area contributed by atoms with Crippen LogP contribution in [0.2, 0.25) is 0 Å². The van der Waals surface area contributed by atoms with Gasteiger partial charge in [0.2, 0.25) is 0 Å². The van der Waals surface area contributed by atoms with E-state index in [9.17, 15) is 0 Å². The molecule has 16 heavy (non-hydrogen) atoms. The fourth-order valence-corrected chi connectivity index (χ4v) is 2.72. The molecule has 3 nitrogen and oxygen atoms in total. The minimum absolute atomic E-state index is 0.588. The van der Waals surface area contributed by atoms with Crippen LogP contribution < -0.4 is 10.1 Å². The number of hydrogen-bond acceptors (Lipinski definition) is 3. The van der Waals surface area contributed by atoms with Gasteiger partial charge in [0.05, 0.1) is 7.11 Å². The van der Waals surface area contributed by atoms with Gasteiger partial charge in [-0.3, -0.25) is 0 Å². The van der Waals surface area contributed by atoms with Crippen molar-refractivity contribution in [1.29, 1.82) is 0 Å². The van der Waals surface area contributed by atoms with Crippen LogP contribution in [0.1, 0.15) is 12.0 Å². The molecule has 1 aliphatic carbocycles. The maximum atomic E-state index is 5.26. The molecule has 1 fully saturated rings.